The van der Waals surface area contributed by atoms with Crippen molar-refractivity contribution in [2.24, 2.45) is 0 Å². The van der Waals surface area contributed by atoms with Crippen molar-refractivity contribution >= 4 is 30.2 Å². The Labute approximate surface area is 98.7 Å². The minimum Gasteiger partial charge on any atom is -0.481 e. The van der Waals surface area contributed by atoms with Gasteiger partial charge in [0, 0.05) is 10.6 Å². The second kappa shape index (κ2) is 5.69. The van der Waals surface area contributed by atoms with Crippen molar-refractivity contribution in [3.05, 3.63) is 34.3 Å². The first-order valence-electron chi connectivity index (χ1n) is 4.23. The van der Waals surface area contributed by atoms with E-state index in [0.29, 0.717) is 16.3 Å². The number of carboxylic acids is 1. The lowest BCUT2D eigenvalue weighted by Gasteiger charge is -2.00. The van der Waals surface area contributed by atoms with E-state index in [9.17, 15) is 4.79 Å². The van der Waals surface area contributed by atoms with Gasteiger partial charge >= 0.3 is 5.97 Å². The molecule has 0 aliphatic rings. The highest BCUT2D eigenvalue weighted by Crippen LogP contribution is 2.18. The second-order valence-corrected chi connectivity index (χ2v) is 3.56. The number of hydrogen-bond donors (Lipinski definition) is 2. The molecule has 4 heteroatoms. The molecule has 78 valence electrons. The quantitative estimate of drug-likeness (QED) is 0.615. The van der Waals surface area contributed by atoms with Crippen LogP contribution in [-0.2, 0) is 11.2 Å². The molecule has 0 radical (unpaired) electrons. The van der Waals surface area contributed by atoms with Gasteiger partial charge in [-0.1, -0.05) is 29.5 Å². The van der Waals surface area contributed by atoms with Gasteiger partial charge in [-0.3, -0.25) is 4.79 Å². The van der Waals surface area contributed by atoms with Gasteiger partial charge in [0.2, 0.25) is 0 Å². The van der Waals surface area contributed by atoms with Crippen molar-refractivity contribution in [1.82, 2.24) is 0 Å². The molecule has 0 aliphatic carbocycles. The molecule has 0 fully saturated rings. The fraction of sp³-hybridized carbons (Fsp3) is 0.182. The summed E-state index contributed by atoms with van der Waals surface area (Å²) in [5.41, 5.74) is 1.36. The summed E-state index contributed by atoms with van der Waals surface area (Å²) in [5, 5.41) is 9.04. The van der Waals surface area contributed by atoms with Crippen LogP contribution >= 0.6 is 24.2 Å². The summed E-state index contributed by atoms with van der Waals surface area (Å²) in [6.07, 6.45) is -0.0703. The summed E-state index contributed by atoms with van der Waals surface area (Å²) in [7, 11) is 0. The Morgan fingerprint density at radius 2 is 2.27 bits per heavy atom. The average molecular weight is 241 g/mol. The Hall–Kier alpha value is -1.11. The van der Waals surface area contributed by atoms with Crippen LogP contribution in [0.5, 0.6) is 0 Å². The van der Waals surface area contributed by atoms with Gasteiger partial charge < -0.3 is 5.11 Å². The molecular formula is C11H9ClO2S. The van der Waals surface area contributed by atoms with Crippen LogP contribution in [-0.4, -0.2) is 16.8 Å². The molecule has 1 aromatic rings. The molecule has 1 N–H and O–H groups in total. The van der Waals surface area contributed by atoms with E-state index >= 15 is 0 Å². The molecule has 0 spiro atoms. The highest BCUT2D eigenvalue weighted by molar-refractivity contribution is 7.80. The van der Waals surface area contributed by atoms with E-state index in [1.54, 1.807) is 18.2 Å². The predicted molar refractivity (Wildman–Crippen MR) is 63.5 cm³/mol. The molecule has 0 aromatic heterocycles. The zero-order chi connectivity index (χ0) is 11.3. The number of benzene rings is 1. The number of carbonyl (C=O) groups is 1. The number of rotatable bonds is 2. The van der Waals surface area contributed by atoms with E-state index in [2.05, 4.69) is 24.5 Å². The van der Waals surface area contributed by atoms with Gasteiger partial charge in [-0.2, -0.15) is 12.6 Å². The summed E-state index contributed by atoms with van der Waals surface area (Å²) < 4.78 is 0. The van der Waals surface area contributed by atoms with Crippen LogP contribution in [0, 0.1) is 11.8 Å². The maximum absolute atomic E-state index is 10.5. The summed E-state index contributed by atoms with van der Waals surface area (Å²) in [5.74, 6) is 5.23. The van der Waals surface area contributed by atoms with Crippen molar-refractivity contribution in [2.45, 2.75) is 6.42 Å². The molecule has 0 atom stereocenters. The molecule has 0 aliphatic heterocycles. The fourth-order valence-electron chi connectivity index (χ4n) is 1.07. The van der Waals surface area contributed by atoms with E-state index in [-0.39, 0.29) is 6.42 Å². The van der Waals surface area contributed by atoms with Crippen LogP contribution in [0.15, 0.2) is 18.2 Å². The molecule has 0 unspecified atom stereocenters. The number of halogens is 1. The Balaban J connectivity index is 2.92. The Bertz CT molecular complexity index is 432. The molecule has 1 rings (SSSR count). The first-order valence-corrected chi connectivity index (χ1v) is 5.24. The summed E-state index contributed by atoms with van der Waals surface area (Å²) in [6.45, 7) is 0. The van der Waals surface area contributed by atoms with Crippen LogP contribution < -0.4 is 0 Å². The molecule has 0 saturated heterocycles. The van der Waals surface area contributed by atoms with Crippen molar-refractivity contribution in [3.63, 3.8) is 0 Å². The van der Waals surface area contributed by atoms with Crippen LogP contribution in [0.3, 0.4) is 0 Å². The van der Waals surface area contributed by atoms with Gasteiger partial charge in [0.25, 0.3) is 0 Å². The predicted octanol–water partition coefficient (Wildman–Crippen LogP) is 2.25. The first-order chi connectivity index (χ1) is 7.13. The minimum absolute atomic E-state index is 0.0703. The molecule has 0 amide bonds. The SMILES string of the molecule is O=C(O)Cc1ccc(C#CCS)cc1Cl. The highest BCUT2D eigenvalue weighted by Gasteiger charge is 2.05. The molecule has 0 heterocycles. The van der Waals surface area contributed by atoms with E-state index < -0.39 is 5.97 Å². The van der Waals surface area contributed by atoms with E-state index in [1.807, 2.05) is 0 Å². The maximum Gasteiger partial charge on any atom is 0.307 e. The van der Waals surface area contributed by atoms with Gasteiger partial charge in [-0.25, -0.2) is 0 Å². The molecule has 15 heavy (non-hydrogen) atoms. The molecule has 0 saturated carbocycles. The molecular weight excluding hydrogens is 232 g/mol. The third-order valence-corrected chi connectivity index (χ3v) is 2.22. The van der Waals surface area contributed by atoms with Gasteiger partial charge in [-0.05, 0) is 17.7 Å². The number of carboxylic acid groups (broad SMARTS) is 1. The largest absolute Gasteiger partial charge is 0.481 e. The van der Waals surface area contributed by atoms with E-state index in [4.69, 9.17) is 16.7 Å². The minimum atomic E-state index is -0.897. The number of aliphatic carboxylic acids is 1. The molecule has 1 aromatic carbocycles. The van der Waals surface area contributed by atoms with Gasteiger partial charge in [-0.15, -0.1) is 0 Å². The lowest BCUT2D eigenvalue weighted by Crippen LogP contribution is -2.00. The Morgan fingerprint density at radius 3 is 2.80 bits per heavy atom. The maximum atomic E-state index is 10.5. The van der Waals surface area contributed by atoms with Gasteiger partial charge in [0.1, 0.15) is 0 Å². The van der Waals surface area contributed by atoms with Crippen LogP contribution in [0.4, 0.5) is 0 Å². The standard InChI is InChI=1S/C11H9ClO2S/c12-10-6-8(2-1-5-15)3-4-9(10)7-11(13)14/h3-4,6,15H,5,7H2,(H,13,14). The van der Waals surface area contributed by atoms with Crippen LogP contribution in [0.2, 0.25) is 5.02 Å². The van der Waals surface area contributed by atoms with Crippen molar-refractivity contribution in [3.8, 4) is 11.8 Å². The van der Waals surface area contributed by atoms with Gasteiger partial charge in [0.15, 0.2) is 0 Å². The van der Waals surface area contributed by atoms with Crippen molar-refractivity contribution in [2.75, 3.05) is 5.75 Å². The van der Waals surface area contributed by atoms with Crippen molar-refractivity contribution < 1.29 is 9.90 Å². The molecule has 2 nitrogen and oxygen atoms in total. The first kappa shape index (κ1) is 12.0. The molecule has 0 bridgehead atoms. The zero-order valence-electron chi connectivity index (χ0n) is 7.83. The van der Waals surface area contributed by atoms with Crippen molar-refractivity contribution in [1.29, 1.82) is 0 Å². The lowest BCUT2D eigenvalue weighted by atomic mass is 10.1. The topological polar surface area (TPSA) is 37.3 Å². The third kappa shape index (κ3) is 3.86. The average Bonchev–Trinajstić information content (AvgIpc) is 2.18. The summed E-state index contributed by atoms with van der Waals surface area (Å²) in [4.78, 5) is 10.5. The number of hydrogen-bond acceptors (Lipinski definition) is 2. The summed E-state index contributed by atoms with van der Waals surface area (Å²) >= 11 is 9.86. The smallest absolute Gasteiger partial charge is 0.307 e. The van der Waals surface area contributed by atoms with Gasteiger partial charge in [0.05, 0.1) is 12.2 Å². The highest BCUT2D eigenvalue weighted by atomic mass is 35.5. The monoisotopic (exact) mass is 240 g/mol. The lowest BCUT2D eigenvalue weighted by molar-refractivity contribution is -0.136. The normalized spacial score (nSPS) is 9.20. The Kier molecular flexibility index (Phi) is 4.54. The Morgan fingerprint density at radius 1 is 1.53 bits per heavy atom. The number of thiol groups is 1. The second-order valence-electron chi connectivity index (χ2n) is 2.84. The van der Waals surface area contributed by atoms with Crippen LogP contribution in [0.1, 0.15) is 11.1 Å². The van der Waals surface area contributed by atoms with E-state index in [1.165, 1.54) is 0 Å². The summed E-state index contributed by atoms with van der Waals surface area (Å²) in [6, 6.07) is 5.09. The third-order valence-electron chi connectivity index (χ3n) is 1.71. The zero-order valence-corrected chi connectivity index (χ0v) is 9.48. The fourth-order valence-corrected chi connectivity index (χ4v) is 1.40. The van der Waals surface area contributed by atoms with E-state index in [0.717, 1.165) is 5.56 Å². The van der Waals surface area contributed by atoms with Crippen LogP contribution in [0.25, 0.3) is 0 Å².